The molecule has 0 unspecified atom stereocenters. The van der Waals surface area contributed by atoms with Gasteiger partial charge in [0, 0.05) is 25.0 Å². The molecule has 4 nitrogen and oxygen atoms in total. The van der Waals surface area contributed by atoms with E-state index >= 15 is 0 Å². The molecule has 1 N–H and O–H groups in total. The third-order valence-corrected chi connectivity index (χ3v) is 5.19. The summed E-state index contributed by atoms with van der Waals surface area (Å²) in [5, 5.41) is 8.91. The van der Waals surface area contributed by atoms with Crippen LogP contribution in [0.1, 0.15) is 18.4 Å². The maximum atomic E-state index is 11.5. The van der Waals surface area contributed by atoms with Gasteiger partial charge in [0.2, 0.25) is 0 Å². The van der Waals surface area contributed by atoms with E-state index in [-0.39, 0.29) is 11.9 Å². The van der Waals surface area contributed by atoms with E-state index in [1.54, 1.807) is 0 Å². The van der Waals surface area contributed by atoms with E-state index in [4.69, 9.17) is 5.11 Å². The molecule has 1 heterocycles. The van der Waals surface area contributed by atoms with Crippen LogP contribution in [-0.4, -0.2) is 38.1 Å². The molecule has 1 aromatic rings. The van der Waals surface area contributed by atoms with Crippen molar-refractivity contribution in [1.29, 1.82) is 0 Å². The van der Waals surface area contributed by atoms with E-state index in [1.165, 1.54) is 6.26 Å². The number of benzene rings is 1. The lowest BCUT2D eigenvalue weighted by Gasteiger charge is -2.33. The van der Waals surface area contributed by atoms with Crippen LogP contribution in [0.2, 0.25) is 0 Å². The van der Waals surface area contributed by atoms with Gasteiger partial charge in [0.25, 0.3) is 0 Å². The highest BCUT2D eigenvalue weighted by Crippen LogP contribution is 2.23. The summed E-state index contributed by atoms with van der Waals surface area (Å²) in [5.74, 6) is 0. The average molecular weight is 269 g/mol. The molecule has 1 saturated heterocycles. The summed E-state index contributed by atoms with van der Waals surface area (Å²) in [6.07, 6.45) is 2.68. The molecule has 2 rings (SSSR count). The molecule has 100 valence electrons. The minimum atomic E-state index is -2.91. The summed E-state index contributed by atoms with van der Waals surface area (Å²) < 4.78 is 23.0. The molecule has 5 heteroatoms. The minimum absolute atomic E-state index is 0.0354. The van der Waals surface area contributed by atoms with Crippen LogP contribution >= 0.6 is 0 Å². The lowest BCUT2D eigenvalue weighted by Crippen LogP contribution is -2.39. The van der Waals surface area contributed by atoms with Crippen molar-refractivity contribution >= 4 is 15.5 Å². The first-order valence-corrected chi connectivity index (χ1v) is 8.10. The Morgan fingerprint density at radius 3 is 2.56 bits per heavy atom. The van der Waals surface area contributed by atoms with E-state index in [1.807, 2.05) is 24.3 Å². The zero-order valence-electron chi connectivity index (χ0n) is 10.5. The molecule has 0 spiro atoms. The molecule has 18 heavy (non-hydrogen) atoms. The summed E-state index contributed by atoms with van der Waals surface area (Å²) in [7, 11) is -2.91. The SMILES string of the molecule is CS(=O)(=O)C1CCN(c2cccc(CO)c2)CC1. The average Bonchev–Trinajstić information content (AvgIpc) is 2.38. The summed E-state index contributed by atoms with van der Waals surface area (Å²) in [5.41, 5.74) is 1.95. The van der Waals surface area contributed by atoms with E-state index in [2.05, 4.69) is 4.90 Å². The lowest BCUT2D eigenvalue weighted by atomic mass is 10.1. The van der Waals surface area contributed by atoms with E-state index < -0.39 is 9.84 Å². The Hall–Kier alpha value is -1.07. The molecule has 1 aromatic carbocycles. The molecule has 0 aliphatic carbocycles. The van der Waals surface area contributed by atoms with Crippen LogP contribution in [0.5, 0.6) is 0 Å². The molecule has 0 radical (unpaired) electrons. The maximum absolute atomic E-state index is 11.5. The predicted molar refractivity (Wildman–Crippen MR) is 72.4 cm³/mol. The van der Waals surface area contributed by atoms with Gasteiger partial charge in [0.15, 0.2) is 0 Å². The molecule has 0 aromatic heterocycles. The van der Waals surface area contributed by atoms with Crippen molar-refractivity contribution in [2.75, 3.05) is 24.2 Å². The van der Waals surface area contributed by atoms with Crippen molar-refractivity contribution in [3.05, 3.63) is 29.8 Å². The molecule has 0 atom stereocenters. The first-order chi connectivity index (χ1) is 8.50. The van der Waals surface area contributed by atoms with Crippen LogP contribution in [-0.2, 0) is 16.4 Å². The number of anilines is 1. The third kappa shape index (κ3) is 3.03. The van der Waals surface area contributed by atoms with Crippen LogP contribution in [0.3, 0.4) is 0 Å². The van der Waals surface area contributed by atoms with Crippen molar-refractivity contribution in [3.63, 3.8) is 0 Å². The number of hydrogen-bond donors (Lipinski definition) is 1. The molecule has 0 bridgehead atoms. The van der Waals surface area contributed by atoms with Crippen LogP contribution in [0.25, 0.3) is 0 Å². The standard InChI is InChI=1S/C13H19NO3S/c1-18(16,17)13-5-7-14(8-6-13)12-4-2-3-11(9-12)10-15/h2-4,9,13,15H,5-8,10H2,1H3. The monoisotopic (exact) mass is 269 g/mol. The minimum Gasteiger partial charge on any atom is -0.392 e. The van der Waals surface area contributed by atoms with E-state index in [9.17, 15) is 8.42 Å². The van der Waals surface area contributed by atoms with Crippen molar-refractivity contribution in [2.45, 2.75) is 24.7 Å². The number of nitrogens with zero attached hydrogens (tertiary/aromatic N) is 1. The normalized spacial score (nSPS) is 18.0. The Balaban J connectivity index is 2.05. The van der Waals surface area contributed by atoms with Gasteiger partial charge in [-0.1, -0.05) is 12.1 Å². The number of sulfone groups is 1. The second-order valence-corrected chi connectivity index (χ2v) is 7.17. The second-order valence-electron chi connectivity index (χ2n) is 4.84. The highest BCUT2D eigenvalue weighted by molar-refractivity contribution is 7.91. The van der Waals surface area contributed by atoms with Crippen molar-refractivity contribution in [3.8, 4) is 0 Å². The van der Waals surface area contributed by atoms with Gasteiger partial charge < -0.3 is 10.0 Å². The van der Waals surface area contributed by atoms with Gasteiger partial charge in [-0.05, 0) is 30.5 Å². The summed E-state index contributed by atoms with van der Waals surface area (Å²) >= 11 is 0. The number of piperidine rings is 1. The number of rotatable bonds is 3. The predicted octanol–water partition coefficient (Wildman–Crippen LogP) is 1.19. The van der Waals surface area contributed by atoms with Gasteiger partial charge in [-0.25, -0.2) is 8.42 Å². The summed E-state index contributed by atoms with van der Waals surface area (Å²) in [6.45, 7) is 1.55. The van der Waals surface area contributed by atoms with Crippen molar-refractivity contribution < 1.29 is 13.5 Å². The van der Waals surface area contributed by atoms with Crippen LogP contribution < -0.4 is 4.90 Å². The summed E-state index contributed by atoms with van der Waals surface area (Å²) in [4.78, 5) is 2.18. The smallest absolute Gasteiger partial charge is 0.150 e. The lowest BCUT2D eigenvalue weighted by molar-refractivity contribution is 0.282. The Labute approximate surface area is 108 Å². The van der Waals surface area contributed by atoms with E-state index in [0.29, 0.717) is 12.8 Å². The van der Waals surface area contributed by atoms with E-state index in [0.717, 1.165) is 24.3 Å². The third-order valence-electron chi connectivity index (χ3n) is 3.51. The Morgan fingerprint density at radius 1 is 1.33 bits per heavy atom. The topological polar surface area (TPSA) is 57.6 Å². The fourth-order valence-corrected chi connectivity index (χ4v) is 3.46. The molecule has 0 saturated carbocycles. The van der Waals surface area contributed by atoms with Gasteiger partial charge >= 0.3 is 0 Å². The van der Waals surface area contributed by atoms with Gasteiger partial charge in [-0.3, -0.25) is 0 Å². The van der Waals surface area contributed by atoms with Gasteiger partial charge in [-0.15, -0.1) is 0 Å². The first-order valence-electron chi connectivity index (χ1n) is 6.14. The number of hydrogen-bond acceptors (Lipinski definition) is 4. The van der Waals surface area contributed by atoms with Gasteiger partial charge in [0.1, 0.15) is 9.84 Å². The second kappa shape index (κ2) is 5.28. The zero-order chi connectivity index (χ0) is 13.2. The van der Waals surface area contributed by atoms with Gasteiger partial charge in [0.05, 0.1) is 11.9 Å². The van der Waals surface area contributed by atoms with Gasteiger partial charge in [-0.2, -0.15) is 0 Å². The summed E-state index contributed by atoms with van der Waals surface area (Å²) in [6, 6.07) is 7.76. The maximum Gasteiger partial charge on any atom is 0.150 e. The molecular formula is C13H19NO3S. The molecule has 1 aliphatic rings. The van der Waals surface area contributed by atoms with Crippen LogP contribution in [0, 0.1) is 0 Å². The fraction of sp³-hybridized carbons (Fsp3) is 0.538. The first kappa shape index (κ1) is 13.4. The molecule has 0 amide bonds. The Kier molecular flexibility index (Phi) is 3.92. The van der Waals surface area contributed by atoms with Crippen molar-refractivity contribution in [1.82, 2.24) is 0 Å². The Morgan fingerprint density at radius 2 is 2.00 bits per heavy atom. The zero-order valence-corrected chi connectivity index (χ0v) is 11.4. The quantitative estimate of drug-likeness (QED) is 0.895. The molecule has 1 aliphatic heterocycles. The highest BCUT2D eigenvalue weighted by atomic mass is 32.2. The van der Waals surface area contributed by atoms with Crippen LogP contribution in [0.15, 0.2) is 24.3 Å². The van der Waals surface area contributed by atoms with Crippen LogP contribution in [0.4, 0.5) is 5.69 Å². The molecular weight excluding hydrogens is 250 g/mol. The highest BCUT2D eigenvalue weighted by Gasteiger charge is 2.26. The van der Waals surface area contributed by atoms with Crippen molar-refractivity contribution in [2.24, 2.45) is 0 Å². The number of aliphatic hydroxyl groups is 1. The number of aliphatic hydroxyl groups excluding tert-OH is 1. The largest absolute Gasteiger partial charge is 0.392 e. The fourth-order valence-electron chi connectivity index (χ4n) is 2.39. The molecule has 1 fully saturated rings. The Bertz CT molecular complexity index is 505.